The van der Waals surface area contributed by atoms with Crippen molar-refractivity contribution in [3.63, 3.8) is 0 Å². The number of hydrogen-bond donors (Lipinski definition) is 1. The third-order valence-corrected chi connectivity index (χ3v) is 6.23. The maximum atomic E-state index is 13.0. The fourth-order valence-electron chi connectivity index (χ4n) is 2.79. The van der Waals surface area contributed by atoms with E-state index in [9.17, 15) is 13.2 Å². The molecule has 1 N–H and O–H groups in total. The Kier molecular flexibility index (Phi) is 7.06. The number of nitrogens with zero attached hydrogens (tertiary/aromatic N) is 1. The van der Waals surface area contributed by atoms with Crippen LogP contribution >= 0.6 is 11.6 Å². The minimum atomic E-state index is -3.80. The molecule has 1 atom stereocenters. The summed E-state index contributed by atoms with van der Waals surface area (Å²) in [6.45, 7) is 1.32. The van der Waals surface area contributed by atoms with E-state index in [4.69, 9.17) is 21.1 Å². The molecule has 0 radical (unpaired) electrons. The van der Waals surface area contributed by atoms with E-state index in [-0.39, 0.29) is 29.0 Å². The molecule has 0 aromatic heterocycles. The van der Waals surface area contributed by atoms with Gasteiger partial charge in [0.1, 0.15) is 10.6 Å². The first-order valence-corrected chi connectivity index (χ1v) is 9.82. The van der Waals surface area contributed by atoms with Crippen molar-refractivity contribution in [2.45, 2.75) is 17.7 Å². The fourth-order valence-corrected chi connectivity index (χ4v) is 4.73. The van der Waals surface area contributed by atoms with Crippen LogP contribution in [-0.2, 0) is 19.6 Å². The van der Waals surface area contributed by atoms with E-state index >= 15 is 0 Å². The predicted molar refractivity (Wildman–Crippen MR) is 94.4 cm³/mol. The van der Waals surface area contributed by atoms with Gasteiger partial charge in [-0.25, -0.2) is 8.42 Å². The molecule has 1 saturated heterocycles. The Morgan fingerprint density at radius 3 is 2.84 bits per heavy atom. The smallest absolute Gasteiger partial charge is 0.246 e. The van der Waals surface area contributed by atoms with Crippen molar-refractivity contribution >= 4 is 27.5 Å². The molecule has 140 valence electrons. The minimum absolute atomic E-state index is 0.0166. The van der Waals surface area contributed by atoms with E-state index in [1.54, 1.807) is 13.2 Å². The van der Waals surface area contributed by atoms with Gasteiger partial charge in [-0.15, -0.1) is 0 Å². The lowest BCUT2D eigenvalue weighted by molar-refractivity contribution is -0.126. The summed E-state index contributed by atoms with van der Waals surface area (Å²) in [6, 6.07) is 4.47. The molecule has 0 bridgehead atoms. The summed E-state index contributed by atoms with van der Waals surface area (Å²) in [5, 5.41) is 3.08. The van der Waals surface area contributed by atoms with Crippen molar-refractivity contribution in [1.82, 2.24) is 9.62 Å². The lowest BCUT2D eigenvalue weighted by atomic mass is 9.99. The molecule has 1 aliphatic rings. The van der Waals surface area contributed by atoms with E-state index in [0.29, 0.717) is 37.6 Å². The number of hydrogen-bond acceptors (Lipinski definition) is 5. The van der Waals surface area contributed by atoms with Gasteiger partial charge in [-0.1, -0.05) is 11.6 Å². The normalized spacial score (nSPS) is 18.8. The van der Waals surface area contributed by atoms with Crippen molar-refractivity contribution in [2.24, 2.45) is 5.92 Å². The Bertz CT molecular complexity index is 710. The number of nitrogens with one attached hydrogen (secondary N) is 1. The lowest BCUT2D eigenvalue weighted by Gasteiger charge is -2.31. The number of benzene rings is 1. The van der Waals surface area contributed by atoms with Crippen molar-refractivity contribution < 1.29 is 22.7 Å². The molecule has 2 rings (SSSR count). The molecule has 1 heterocycles. The van der Waals surface area contributed by atoms with E-state index in [1.807, 2.05) is 0 Å². The van der Waals surface area contributed by atoms with E-state index < -0.39 is 10.0 Å². The second-order valence-electron chi connectivity index (χ2n) is 5.78. The Hall–Kier alpha value is -1.35. The first-order valence-electron chi connectivity index (χ1n) is 8.00. The highest BCUT2D eigenvalue weighted by molar-refractivity contribution is 7.89. The largest absolute Gasteiger partial charge is 0.495 e. The predicted octanol–water partition coefficient (Wildman–Crippen LogP) is 1.51. The molecule has 25 heavy (non-hydrogen) atoms. The summed E-state index contributed by atoms with van der Waals surface area (Å²) in [4.78, 5) is 12.2. The van der Waals surface area contributed by atoms with Crippen molar-refractivity contribution in [1.29, 1.82) is 0 Å². The van der Waals surface area contributed by atoms with Crippen molar-refractivity contribution in [3.05, 3.63) is 23.2 Å². The summed E-state index contributed by atoms with van der Waals surface area (Å²) in [6.07, 6.45) is 1.27. The monoisotopic (exact) mass is 390 g/mol. The van der Waals surface area contributed by atoms with E-state index in [1.165, 1.54) is 23.5 Å². The lowest BCUT2D eigenvalue weighted by Crippen LogP contribution is -2.45. The van der Waals surface area contributed by atoms with Crippen LogP contribution < -0.4 is 10.1 Å². The first kappa shape index (κ1) is 20.0. The van der Waals surface area contributed by atoms with Gasteiger partial charge in [0, 0.05) is 31.8 Å². The van der Waals surface area contributed by atoms with Gasteiger partial charge in [0.05, 0.1) is 19.6 Å². The summed E-state index contributed by atoms with van der Waals surface area (Å²) in [5.74, 6) is -0.309. The highest BCUT2D eigenvalue weighted by Gasteiger charge is 2.34. The van der Waals surface area contributed by atoms with Gasteiger partial charge < -0.3 is 14.8 Å². The summed E-state index contributed by atoms with van der Waals surface area (Å²) >= 11 is 5.95. The standard InChI is InChI=1S/C16H23ClN2O5S/c1-23-9-7-18-16(20)12-4-3-8-19(11-12)25(21,22)15-10-13(17)5-6-14(15)24-2/h5-6,10,12H,3-4,7-9,11H2,1-2H3,(H,18,20)/t12-/m0/s1. The Morgan fingerprint density at radius 1 is 1.40 bits per heavy atom. The van der Waals surface area contributed by atoms with E-state index in [2.05, 4.69) is 5.32 Å². The topological polar surface area (TPSA) is 84.9 Å². The molecule has 1 amide bonds. The molecule has 1 aromatic carbocycles. The number of ether oxygens (including phenoxy) is 2. The summed E-state index contributed by atoms with van der Waals surface area (Å²) < 4.78 is 37.4. The summed E-state index contributed by atoms with van der Waals surface area (Å²) in [5.41, 5.74) is 0. The van der Waals surface area contributed by atoms with Crippen molar-refractivity contribution in [3.8, 4) is 5.75 Å². The molecule has 0 aliphatic carbocycles. The van der Waals surface area contributed by atoms with Crippen LogP contribution in [0.2, 0.25) is 5.02 Å². The second kappa shape index (κ2) is 8.84. The average molecular weight is 391 g/mol. The number of rotatable bonds is 7. The van der Waals surface area contributed by atoms with Crippen LogP contribution in [0, 0.1) is 5.92 Å². The highest BCUT2D eigenvalue weighted by Crippen LogP contribution is 2.31. The number of carbonyl (C=O) groups is 1. The van der Waals surface area contributed by atoms with Gasteiger partial charge >= 0.3 is 0 Å². The minimum Gasteiger partial charge on any atom is -0.495 e. The van der Waals surface area contributed by atoms with Crippen LogP contribution in [0.3, 0.4) is 0 Å². The van der Waals surface area contributed by atoms with Crippen LogP contribution in [0.25, 0.3) is 0 Å². The maximum absolute atomic E-state index is 13.0. The number of amides is 1. The number of halogens is 1. The molecule has 1 fully saturated rings. The van der Waals surface area contributed by atoms with Crippen LogP contribution in [0.4, 0.5) is 0 Å². The summed E-state index contributed by atoms with van der Waals surface area (Å²) in [7, 11) is -0.837. The average Bonchev–Trinajstić information content (AvgIpc) is 2.62. The molecule has 1 aliphatic heterocycles. The second-order valence-corrected chi connectivity index (χ2v) is 8.12. The molecule has 0 saturated carbocycles. The molecule has 7 nitrogen and oxygen atoms in total. The fraction of sp³-hybridized carbons (Fsp3) is 0.562. The van der Waals surface area contributed by atoms with E-state index in [0.717, 1.165) is 0 Å². The van der Waals surface area contributed by atoms with Crippen LogP contribution in [0.15, 0.2) is 23.1 Å². The van der Waals surface area contributed by atoms with Gasteiger partial charge in [0.25, 0.3) is 0 Å². The zero-order chi connectivity index (χ0) is 18.4. The third kappa shape index (κ3) is 4.84. The molecule has 0 spiro atoms. The molecular formula is C16H23ClN2O5S. The van der Waals surface area contributed by atoms with Crippen LogP contribution in [0.1, 0.15) is 12.8 Å². The van der Waals surface area contributed by atoms with Gasteiger partial charge in [-0.05, 0) is 31.0 Å². The number of piperidine rings is 1. The Labute approximate surface area is 153 Å². The molecule has 1 aromatic rings. The Balaban J connectivity index is 2.17. The van der Waals surface area contributed by atoms with Crippen LogP contribution in [0.5, 0.6) is 5.75 Å². The van der Waals surface area contributed by atoms with Gasteiger partial charge in [-0.2, -0.15) is 4.31 Å². The van der Waals surface area contributed by atoms with Gasteiger partial charge in [0.15, 0.2) is 0 Å². The van der Waals surface area contributed by atoms with Crippen molar-refractivity contribution in [2.75, 3.05) is 40.5 Å². The van der Waals surface area contributed by atoms with Crippen LogP contribution in [-0.4, -0.2) is 59.1 Å². The number of sulfonamides is 1. The maximum Gasteiger partial charge on any atom is 0.246 e. The zero-order valence-electron chi connectivity index (χ0n) is 14.3. The molecular weight excluding hydrogens is 368 g/mol. The molecule has 0 unspecified atom stereocenters. The zero-order valence-corrected chi connectivity index (χ0v) is 15.9. The number of carbonyl (C=O) groups excluding carboxylic acids is 1. The molecule has 9 heteroatoms. The quantitative estimate of drug-likeness (QED) is 0.713. The highest BCUT2D eigenvalue weighted by atomic mass is 35.5. The SMILES string of the molecule is COCCNC(=O)[C@H]1CCCN(S(=O)(=O)c2cc(Cl)ccc2OC)C1. The Morgan fingerprint density at radius 2 is 2.16 bits per heavy atom. The first-order chi connectivity index (χ1) is 11.9. The third-order valence-electron chi connectivity index (χ3n) is 4.10. The van der Waals surface area contributed by atoms with Gasteiger partial charge in [0.2, 0.25) is 15.9 Å². The van der Waals surface area contributed by atoms with Gasteiger partial charge in [-0.3, -0.25) is 4.79 Å². The number of methoxy groups -OCH3 is 2.